The summed E-state index contributed by atoms with van der Waals surface area (Å²) in [5.74, 6) is 0. The van der Waals surface area contributed by atoms with E-state index in [0.717, 1.165) is 10.6 Å². The Hall–Kier alpha value is -1.50. The molecule has 0 aliphatic carbocycles. The topological polar surface area (TPSA) is 68.1 Å². The van der Waals surface area contributed by atoms with Crippen molar-refractivity contribution < 1.29 is 4.92 Å². The Balaban J connectivity index is 2.01. The first-order chi connectivity index (χ1) is 9.06. The molecule has 0 bridgehead atoms. The summed E-state index contributed by atoms with van der Waals surface area (Å²) in [7, 11) is 0. The molecular formula is C12H12ClN3O2S. The molecule has 0 saturated carbocycles. The summed E-state index contributed by atoms with van der Waals surface area (Å²) in [6.45, 7) is 2.54. The van der Waals surface area contributed by atoms with Gasteiger partial charge in [0.25, 0.3) is 5.69 Å². The number of hydrogen-bond acceptors (Lipinski definition) is 5. The zero-order valence-electron chi connectivity index (χ0n) is 10.2. The highest BCUT2D eigenvalue weighted by atomic mass is 35.5. The molecule has 2 rings (SSSR count). The summed E-state index contributed by atoms with van der Waals surface area (Å²) in [6.07, 6.45) is 1.61. The Morgan fingerprint density at radius 1 is 1.58 bits per heavy atom. The first-order valence-corrected chi connectivity index (χ1v) is 6.83. The largest absolute Gasteiger partial charge is 0.304 e. The van der Waals surface area contributed by atoms with Crippen LogP contribution in [0.3, 0.4) is 0 Å². The highest BCUT2D eigenvalue weighted by Gasteiger charge is 2.11. The average molecular weight is 298 g/mol. The van der Waals surface area contributed by atoms with Crippen LogP contribution in [0.4, 0.5) is 5.69 Å². The molecule has 5 nitrogen and oxygen atoms in total. The second-order valence-corrected chi connectivity index (χ2v) is 5.76. The number of hydrogen-bond donors (Lipinski definition) is 1. The Bertz CT molecular complexity index is 588. The number of aromatic nitrogens is 1. The van der Waals surface area contributed by atoms with Crippen LogP contribution >= 0.6 is 22.9 Å². The first kappa shape index (κ1) is 13.9. The lowest BCUT2D eigenvalue weighted by molar-refractivity contribution is -0.384. The summed E-state index contributed by atoms with van der Waals surface area (Å²) < 4.78 is 0.653. The van der Waals surface area contributed by atoms with Crippen LogP contribution in [0.5, 0.6) is 0 Å². The lowest BCUT2D eigenvalue weighted by Crippen LogP contribution is -2.18. The van der Waals surface area contributed by atoms with E-state index in [1.54, 1.807) is 18.3 Å². The van der Waals surface area contributed by atoms with Crippen molar-refractivity contribution in [2.45, 2.75) is 19.5 Å². The molecule has 0 amide bonds. The minimum absolute atomic E-state index is 0.00238. The van der Waals surface area contributed by atoms with Crippen molar-refractivity contribution in [3.05, 3.63) is 55.5 Å². The molecule has 1 atom stereocenters. The number of nitrogens with one attached hydrogen (secondary N) is 1. The molecule has 7 heteroatoms. The van der Waals surface area contributed by atoms with Gasteiger partial charge in [0.2, 0.25) is 0 Å². The Morgan fingerprint density at radius 3 is 3.00 bits per heavy atom. The van der Waals surface area contributed by atoms with Crippen LogP contribution in [0.2, 0.25) is 4.34 Å². The van der Waals surface area contributed by atoms with Gasteiger partial charge in [0.05, 0.1) is 11.1 Å². The van der Waals surface area contributed by atoms with Gasteiger partial charge in [-0.2, -0.15) is 0 Å². The molecule has 0 saturated heterocycles. The van der Waals surface area contributed by atoms with Gasteiger partial charge in [0.15, 0.2) is 0 Å². The SMILES string of the molecule is CC(NCc1ncc(Cl)s1)c1cccc([N+](=O)[O-])c1. The van der Waals surface area contributed by atoms with Crippen LogP contribution in [-0.2, 0) is 6.54 Å². The van der Waals surface area contributed by atoms with Crippen LogP contribution in [-0.4, -0.2) is 9.91 Å². The fraction of sp³-hybridized carbons (Fsp3) is 0.250. The smallest absolute Gasteiger partial charge is 0.269 e. The monoisotopic (exact) mass is 297 g/mol. The van der Waals surface area contributed by atoms with E-state index >= 15 is 0 Å². The number of halogens is 1. The molecule has 2 aromatic rings. The highest BCUT2D eigenvalue weighted by Crippen LogP contribution is 2.21. The summed E-state index contributed by atoms with van der Waals surface area (Å²) in [5.41, 5.74) is 0.972. The summed E-state index contributed by atoms with van der Waals surface area (Å²) in [4.78, 5) is 14.5. The standard InChI is InChI=1S/C12H12ClN3O2S/c1-8(14-7-12-15-6-11(13)19-12)9-3-2-4-10(5-9)16(17)18/h2-6,8,14H,7H2,1H3. The van der Waals surface area contributed by atoms with Crippen molar-refractivity contribution in [2.24, 2.45) is 0 Å². The maximum Gasteiger partial charge on any atom is 0.269 e. The molecule has 0 aliphatic rings. The lowest BCUT2D eigenvalue weighted by atomic mass is 10.1. The van der Waals surface area contributed by atoms with Crippen LogP contribution in [0, 0.1) is 10.1 Å². The van der Waals surface area contributed by atoms with Gasteiger partial charge < -0.3 is 5.32 Å². The molecule has 0 aliphatic heterocycles. The van der Waals surface area contributed by atoms with Gasteiger partial charge >= 0.3 is 0 Å². The summed E-state index contributed by atoms with van der Waals surface area (Å²) in [6, 6.07) is 6.61. The molecule has 0 fully saturated rings. The predicted octanol–water partition coefficient (Wildman–Crippen LogP) is 3.56. The van der Waals surface area contributed by atoms with Crippen LogP contribution in [0.1, 0.15) is 23.5 Å². The van der Waals surface area contributed by atoms with Crippen molar-refractivity contribution in [1.82, 2.24) is 10.3 Å². The second-order valence-electron chi connectivity index (χ2n) is 4.01. The second kappa shape index (κ2) is 6.10. The van der Waals surface area contributed by atoms with Gasteiger partial charge in [-0.25, -0.2) is 4.98 Å². The summed E-state index contributed by atoms with van der Waals surface area (Å²) >= 11 is 7.22. The molecular weight excluding hydrogens is 286 g/mol. The van der Waals surface area contributed by atoms with Crippen LogP contribution in [0.15, 0.2) is 30.5 Å². The molecule has 1 unspecified atom stereocenters. The van der Waals surface area contributed by atoms with Crippen LogP contribution < -0.4 is 5.32 Å². The number of nitro benzene ring substituents is 1. The van der Waals surface area contributed by atoms with E-state index in [1.165, 1.54) is 17.4 Å². The normalized spacial score (nSPS) is 12.3. The predicted molar refractivity (Wildman–Crippen MR) is 75.5 cm³/mol. The Kier molecular flexibility index (Phi) is 4.47. The minimum atomic E-state index is -0.392. The fourth-order valence-corrected chi connectivity index (χ4v) is 2.54. The highest BCUT2D eigenvalue weighted by molar-refractivity contribution is 7.15. The first-order valence-electron chi connectivity index (χ1n) is 5.64. The van der Waals surface area contributed by atoms with Gasteiger partial charge in [-0.05, 0) is 12.5 Å². The fourth-order valence-electron chi connectivity index (χ4n) is 1.64. The van der Waals surface area contributed by atoms with E-state index in [2.05, 4.69) is 10.3 Å². The van der Waals surface area contributed by atoms with Crippen molar-refractivity contribution in [2.75, 3.05) is 0 Å². The molecule has 1 aromatic heterocycles. The van der Waals surface area contributed by atoms with Crippen LogP contribution in [0.25, 0.3) is 0 Å². The third kappa shape index (κ3) is 3.73. The van der Waals surface area contributed by atoms with Gasteiger partial charge in [0.1, 0.15) is 9.34 Å². The van der Waals surface area contributed by atoms with Gasteiger partial charge in [-0.3, -0.25) is 10.1 Å². The number of rotatable bonds is 5. The minimum Gasteiger partial charge on any atom is -0.304 e. The lowest BCUT2D eigenvalue weighted by Gasteiger charge is -2.12. The van der Waals surface area contributed by atoms with E-state index in [4.69, 9.17) is 11.6 Å². The molecule has 100 valence electrons. The van der Waals surface area contributed by atoms with Crippen molar-refractivity contribution in [1.29, 1.82) is 0 Å². The molecule has 19 heavy (non-hydrogen) atoms. The number of non-ortho nitro benzene ring substituents is 1. The third-order valence-corrected chi connectivity index (χ3v) is 3.78. The van der Waals surface area contributed by atoms with Crippen molar-refractivity contribution >= 4 is 28.6 Å². The molecule has 1 aromatic carbocycles. The zero-order valence-corrected chi connectivity index (χ0v) is 11.7. The van der Waals surface area contributed by atoms with Crippen molar-refractivity contribution in [3.63, 3.8) is 0 Å². The van der Waals surface area contributed by atoms with Gasteiger partial charge in [-0.1, -0.05) is 23.7 Å². The van der Waals surface area contributed by atoms with Crippen molar-refractivity contribution in [3.8, 4) is 0 Å². The third-order valence-electron chi connectivity index (χ3n) is 2.67. The molecule has 1 N–H and O–H groups in total. The maximum absolute atomic E-state index is 10.7. The number of nitrogens with zero attached hydrogens (tertiary/aromatic N) is 2. The number of benzene rings is 1. The Labute approximate surface area is 119 Å². The quantitative estimate of drug-likeness (QED) is 0.677. The molecule has 1 heterocycles. The van der Waals surface area contributed by atoms with E-state index in [-0.39, 0.29) is 11.7 Å². The maximum atomic E-state index is 10.7. The zero-order chi connectivity index (χ0) is 13.8. The van der Waals surface area contributed by atoms with Gasteiger partial charge in [-0.15, -0.1) is 11.3 Å². The van der Waals surface area contributed by atoms with E-state index in [1.807, 2.05) is 13.0 Å². The van der Waals surface area contributed by atoms with E-state index in [0.29, 0.717) is 10.9 Å². The number of thiazole rings is 1. The summed E-state index contributed by atoms with van der Waals surface area (Å²) in [5, 5.41) is 14.9. The Morgan fingerprint density at radius 2 is 2.37 bits per heavy atom. The number of nitro groups is 1. The molecule has 0 radical (unpaired) electrons. The molecule has 0 spiro atoms. The average Bonchev–Trinajstić information content (AvgIpc) is 2.82. The van der Waals surface area contributed by atoms with Gasteiger partial charge in [0, 0.05) is 24.7 Å². The van der Waals surface area contributed by atoms with E-state index < -0.39 is 4.92 Å². The van der Waals surface area contributed by atoms with E-state index in [9.17, 15) is 10.1 Å².